The lowest BCUT2D eigenvalue weighted by atomic mass is 10.1. The maximum atomic E-state index is 12.9. The van der Waals surface area contributed by atoms with Crippen molar-refractivity contribution in [3.05, 3.63) is 20.8 Å². The third-order valence-electron chi connectivity index (χ3n) is 5.03. The highest BCUT2D eigenvalue weighted by Gasteiger charge is 2.21. The van der Waals surface area contributed by atoms with Gasteiger partial charge in [-0.1, -0.05) is 25.6 Å². The number of nitrogens with zero attached hydrogens (tertiary/aromatic N) is 5. The molecule has 0 atom stereocenters. The highest BCUT2D eigenvalue weighted by Crippen LogP contribution is 2.21. The van der Waals surface area contributed by atoms with E-state index < -0.39 is 0 Å². The summed E-state index contributed by atoms with van der Waals surface area (Å²) in [5.41, 5.74) is 0.0961. The number of amides is 1. The van der Waals surface area contributed by atoms with Crippen LogP contribution >= 0.6 is 11.8 Å². The standard InChI is InChI=1S/C18H27N5O3S/c1-12(2)7-10-23-16(25)14-15(21(4)18(23)26)19-17(20(14)3)27-11-13(24)22-8-5-6-9-22/h12H,5-11H2,1-4H3. The van der Waals surface area contributed by atoms with Gasteiger partial charge in [0.05, 0.1) is 5.75 Å². The van der Waals surface area contributed by atoms with Gasteiger partial charge in [0.1, 0.15) is 0 Å². The number of hydrogen-bond donors (Lipinski definition) is 0. The number of aryl methyl sites for hydroxylation is 2. The van der Waals surface area contributed by atoms with Crippen molar-refractivity contribution >= 4 is 28.8 Å². The van der Waals surface area contributed by atoms with Gasteiger partial charge in [-0.3, -0.25) is 18.7 Å². The minimum absolute atomic E-state index is 0.0905. The molecule has 1 saturated heterocycles. The zero-order valence-electron chi connectivity index (χ0n) is 16.4. The van der Waals surface area contributed by atoms with Crippen LogP contribution in [0.4, 0.5) is 0 Å². The molecule has 27 heavy (non-hydrogen) atoms. The Bertz CT molecular complexity index is 966. The van der Waals surface area contributed by atoms with E-state index in [0.29, 0.717) is 28.8 Å². The summed E-state index contributed by atoms with van der Waals surface area (Å²) >= 11 is 1.31. The van der Waals surface area contributed by atoms with Crippen LogP contribution in [0.3, 0.4) is 0 Å². The van der Waals surface area contributed by atoms with E-state index in [-0.39, 0.29) is 22.9 Å². The van der Waals surface area contributed by atoms with Gasteiger partial charge >= 0.3 is 5.69 Å². The first-order valence-corrected chi connectivity index (χ1v) is 10.4. The van der Waals surface area contributed by atoms with E-state index in [0.717, 1.165) is 32.4 Å². The lowest BCUT2D eigenvalue weighted by molar-refractivity contribution is -0.127. The van der Waals surface area contributed by atoms with Crippen LogP contribution < -0.4 is 11.2 Å². The summed E-state index contributed by atoms with van der Waals surface area (Å²) in [7, 11) is 3.39. The van der Waals surface area contributed by atoms with Crippen molar-refractivity contribution in [2.24, 2.45) is 20.0 Å². The number of fused-ring (bicyclic) bond motifs is 1. The second kappa shape index (κ2) is 7.92. The van der Waals surface area contributed by atoms with E-state index in [1.807, 2.05) is 4.90 Å². The Morgan fingerprint density at radius 1 is 1.15 bits per heavy atom. The SMILES string of the molecule is CC(C)CCn1c(=O)c2c(nc(SCC(=O)N3CCCC3)n2C)n(C)c1=O. The van der Waals surface area contributed by atoms with Gasteiger partial charge in [0.25, 0.3) is 5.56 Å². The maximum Gasteiger partial charge on any atom is 0.332 e. The summed E-state index contributed by atoms with van der Waals surface area (Å²) in [6.45, 7) is 6.14. The summed E-state index contributed by atoms with van der Waals surface area (Å²) < 4.78 is 4.40. The lowest BCUT2D eigenvalue weighted by Crippen LogP contribution is -2.39. The number of rotatable bonds is 6. The molecule has 2 aromatic rings. The fourth-order valence-corrected chi connectivity index (χ4v) is 4.19. The Morgan fingerprint density at radius 2 is 1.81 bits per heavy atom. The van der Waals surface area contributed by atoms with Crippen LogP contribution in [0.25, 0.3) is 11.2 Å². The smallest absolute Gasteiger partial charge is 0.332 e. The van der Waals surface area contributed by atoms with E-state index in [2.05, 4.69) is 18.8 Å². The number of aromatic nitrogens is 4. The van der Waals surface area contributed by atoms with Gasteiger partial charge in [0.15, 0.2) is 16.3 Å². The van der Waals surface area contributed by atoms with E-state index in [1.54, 1.807) is 18.7 Å². The molecule has 0 aliphatic carbocycles. The topological polar surface area (TPSA) is 82.1 Å². The van der Waals surface area contributed by atoms with Crippen LogP contribution in [0.1, 0.15) is 33.1 Å². The minimum atomic E-state index is -0.351. The fraction of sp³-hybridized carbons (Fsp3) is 0.667. The van der Waals surface area contributed by atoms with E-state index in [1.165, 1.54) is 20.9 Å². The second-order valence-corrected chi connectivity index (χ2v) is 8.43. The second-order valence-electron chi connectivity index (χ2n) is 7.48. The Morgan fingerprint density at radius 3 is 2.44 bits per heavy atom. The molecule has 0 saturated carbocycles. The fourth-order valence-electron chi connectivity index (χ4n) is 3.32. The third-order valence-corrected chi connectivity index (χ3v) is 6.05. The first-order valence-electron chi connectivity index (χ1n) is 9.38. The third kappa shape index (κ3) is 3.83. The van der Waals surface area contributed by atoms with Crippen molar-refractivity contribution in [2.75, 3.05) is 18.8 Å². The number of thioether (sulfide) groups is 1. The Hall–Kier alpha value is -2.03. The average molecular weight is 394 g/mol. The molecule has 1 aliphatic rings. The molecule has 9 heteroatoms. The van der Waals surface area contributed by atoms with Gasteiger partial charge < -0.3 is 9.47 Å². The monoisotopic (exact) mass is 393 g/mol. The highest BCUT2D eigenvalue weighted by atomic mass is 32.2. The number of imidazole rings is 1. The molecule has 0 spiro atoms. The maximum absolute atomic E-state index is 12.9. The first kappa shape index (κ1) is 19.7. The van der Waals surface area contributed by atoms with E-state index in [9.17, 15) is 14.4 Å². The molecule has 0 aromatic carbocycles. The molecule has 1 aliphatic heterocycles. The first-order chi connectivity index (χ1) is 12.8. The van der Waals surface area contributed by atoms with Crippen LogP contribution in [0.2, 0.25) is 0 Å². The van der Waals surface area contributed by atoms with Crippen LogP contribution in [0, 0.1) is 5.92 Å². The van der Waals surface area contributed by atoms with Crippen LogP contribution in [0.5, 0.6) is 0 Å². The number of likely N-dealkylation sites (tertiary alicyclic amines) is 1. The van der Waals surface area contributed by atoms with E-state index >= 15 is 0 Å². The van der Waals surface area contributed by atoms with Crippen molar-refractivity contribution in [1.29, 1.82) is 0 Å². The summed E-state index contributed by atoms with van der Waals surface area (Å²) in [5.74, 6) is 0.770. The van der Waals surface area contributed by atoms with Gasteiger partial charge in [-0.2, -0.15) is 0 Å². The summed E-state index contributed by atoms with van der Waals surface area (Å²) in [5, 5.41) is 0.575. The van der Waals surface area contributed by atoms with Crippen LogP contribution in [-0.4, -0.2) is 48.3 Å². The number of carbonyl (C=O) groups excluding carboxylic acids is 1. The van der Waals surface area contributed by atoms with Crippen molar-refractivity contribution in [3.8, 4) is 0 Å². The normalized spacial score (nSPS) is 14.6. The Kier molecular flexibility index (Phi) is 5.78. The Balaban J connectivity index is 1.92. The molecule has 8 nitrogen and oxygen atoms in total. The summed E-state index contributed by atoms with van der Waals surface area (Å²) in [6, 6.07) is 0. The number of hydrogen-bond acceptors (Lipinski definition) is 5. The van der Waals surface area contributed by atoms with Gasteiger partial charge in [0, 0.05) is 33.7 Å². The van der Waals surface area contributed by atoms with Crippen LogP contribution in [0.15, 0.2) is 14.7 Å². The molecule has 3 heterocycles. The molecule has 0 unspecified atom stereocenters. The molecule has 3 rings (SSSR count). The molecular formula is C18H27N5O3S. The quantitative estimate of drug-likeness (QED) is 0.689. The molecule has 0 bridgehead atoms. The molecular weight excluding hydrogens is 366 g/mol. The molecule has 0 radical (unpaired) electrons. The van der Waals surface area contributed by atoms with Gasteiger partial charge in [-0.25, -0.2) is 9.78 Å². The predicted molar refractivity (Wildman–Crippen MR) is 106 cm³/mol. The summed E-state index contributed by atoms with van der Waals surface area (Å²) in [6.07, 6.45) is 2.87. The van der Waals surface area contributed by atoms with Crippen LogP contribution in [-0.2, 0) is 25.4 Å². The van der Waals surface area contributed by atoms with Crippen molar-refractivity contribution in [1.82, 2.24) is 23.6 Å². The molecule has 1 fully saturated rings. The molecule has 0 N–H and O–H groups in total. The van der Waals surface area contributed by atoms with Gasteiger partial charge in [0.2, 0.25) is 5.91 Å². The van der Waals surface area contributed by atoms with Gasteiger partial charge in [-0.05, 0) is 25.2 Å². The highest BCUT2D eigenvalue weighted by molar-refractivity contribution is 7.99. The Labute approximate surface area is 162 Å². The zero-order valence-corrected chi connectivity index (χ0v) is 17.2. The molecule has 1 amide bonds. The molecule has 148 valence electrons. The largest absolute Gasteiger partial charge is 0.342 e. The molecule has 2 aromatic heterocycles. The minimum Gasteiger partial charge on any atom is -0.342 e. The predicted octanol–water partition coefficient (Wildman–Crippen LogP) is 1.19. The lowest BCUT2D eigenvalue weighted by Gasteiger charge is -2.14. The van der Waals surface area contributed by atoms with Crippen molar-refractivity contribution < 1.29 is 4.79 Å². The van der Waals surface area contributed by atoms with Gasteiger partial charge in [-0.15, -0.1) is 0 Å². The average Bonchev–Trinajstić information content (AvgIpc) is 3.26. The van der Waals surface area contributed by atoms with E-state index in [4.69, 9.17) is 0 Å². The van der Waals surface area contributed by atoms with Crippen molar-refractivity contribution in [2.45, 2.75) is 44.8 Å². The van der Waals surface area contributed by atoms with Crippen molar-refractivity contribution in [3.63, 3.8) is 0 Å². The number of carbonyl (C=O) groups is 1. The zero-order chi connectivity index (χ0) is 19.7. The summed E-state index contributed by atoms with van der Waals surface area (Å²) in [4.78, 5) is 44.1.